The predicted octanol–water partition coefficient (Wildman–Crippen LogP) is 2.11. The second-order valence-electron chi connectivity index (χ2n) is 4.98. The summed E-state index contributed by atoms with van der Waals surface area (Å²) >= 11 is 0. The molecule has 2 amide bonds. The number of carboxylic acids is 1. The summed E-state index contributed by atoms with van der Waals surface area (Å²) in [4.78, 5) is 24.2. The van der Waals surface area contributed by atoms with Gasteiger partial charge >= 0.3 is 12.0 Å². The van der Waals surface area contributed by atoms with Gasteiger partial charge in [0.2, 0.25) is 0 Å². The first-order chi connectivity index (χ1) is 9.97. The molecule has 1 heterocycles. The number of likely N-dealkylation sites (tertiary alicyclic amines) is 1. The molecule has 0 saturated carbocycles. The lowest BCUT2D eigenvalue weighted by Gasteiger charge is -2.23. The van der Waals surface area contributed by atoms with Crippen molar-refractivity contribution in [3.05, 3.63) is 35.4 Å². The average Bonchev–Trinajstić information content (AvgIpc) is 2.84. The molecule has 0 bridgehead atoms. The van der Waals surface area contributed by atoms with Crippen molar-refractivity contribution in [2.45, 2.75) is 31.8 Å². The summed E-state index contributed by atoms with van der Waals surface area (Å²) in [5.74, 6) is -2.35. The maximum absolute atomic E-state index is 13.4. The van der Waals surface area contributed by atoms with Crippen molar-refractivity contribution in [2.24, 2.45) is 0 Å². The van der Waals surface area contributed by atoms with Crippen molar-refractivity contribution in [2.75, 3.05) is 6.54 Å². The Bertz CT molecular complexity index is 551. The number of benzene rings is 1. The zero-order valence-electron chi connectivity index (χ0n) is 11.3. The molecule has 2 N–H and O–H groups in total. The first kappa shape index (κ1) is 15.2. The molecule has 1 saturated heterocycles. The highest BCUT2D eigenvalue weighted by Crippen LogP contribution is 2.20. The smallest absolute Gasteiger partial charge is 0.317 e. The van der Waals surface area contributed by atoms with Gasteiger partial charge < -0.3 is 15.3 Å². The number of hydrogen-bond acceptors (Lipinski definition) is 2. The maximum Gasteiger partial charge on any atom is 0.317 e. The van der Waals surface area contributed by atoms with Crippen molar-refractivity contribution < 1.29 is 23.5 Å². The Labute approximate surface area is 120 Å². The van der Waals surface area contributed by atoms with Gasteiger partial charge in [0.1, 0.15) is 11.6 Å². The lowest BCUT2D eigenvalue weighted by molar-refractivity contribution is -0.137. The molecule has 1 unspecified atom stereocenters. The van der Waals surface area contributed by atoms with Gasteiger partial charge in [0.25, 0.3) is 0 Å². The van der Waals surface area contributed by atoms with Gasteiger partial charge in [0.05, 0.1) is 6.42 Å². The van der Waals surface area contributed by atoms with Crippen LogP contribution in [0.1, 0.15) is 24.8 Å². The predicted molar refractivity (Wildman–Crippen MR) is 70.6 cm³/mol. The zero-order chi connectivity index (χ0) is 15.4. The standard InChI is InChI=1S/C14H16F2N2O3/c15-10-4-3-9(12(16)6-10)8-17-14(21)18-5-1-2-11(18)7-13(19)20/h3-4,6,11H,1-2,5,7-8H2,(H,17,21)(H,19,20). The summed E-state index contributed by atoms with van der Waals surface area (Å²) in [5.41, 5.74) is 0.179. The van der Waals surface area contributed by atoms with E-state index in [1.165, 1.54) is 11.0 Å². The highest BCUT2D eigenvalue weighted by Gasteiger charge is 2.30. The lowest BCUT2D eigenvalue weighted by Crippen LogP contribution is -2.43. The van der Waals surface area contributed by atoms with Crippen LogP contribution in [0.4, 0.5) is 13.6 Å². The van der Waals surface area contributed by atoms with Crippen molar-refractivity contribution in [1.82, 2.24) is 10.2 Å². The summed E-state index contributed by atoms with van der Waals surface area (Å²) in [6.45, 7) is 0.414. The maximum atomic E-state index is 13.4. The number of nitrogens with zero attached hydrogens (tertiary/aromatic N) is 1. The van der Waals surface area contributed by atoms with Crippen LogP contribution in [0.15, 0.2) is 18.2 Å². The van der Waals surface area contributed by atoms with Crippen LogP contribution in [-0.4, -0.2) is 34.6 Å². The summed E-state index contributed by atoms with van der Waals surface area (Å²) in [6, 6.07) is 2.38. The molecule has 1 aliphatic rings. The van der Waals surface area contributed by atoms with Gasteiger partial charge in [-0.3, -0.25) is 4.79 Å². The van der Waals surface area contributed by atoms with E-state index in [0.717, 1.165) is 18.6 Å². The van der Waals surface area contributed by atoms with Crippen LogP contribution in [0, 0.1) is 11.6 Å². The molecule has 1 atom stereocenters. The number of rotatable bonds is 4. The average molecular weight is 298 g/mol. The number of carbonyl (C=O) groups is 2. The van der Waals surface area contributed by atoms with E-state index in [1.54, 1.807) is 0 Å². The van der Waals surface area contributed by atoms with Crippen LogP contribution in [0.3, 0.4) is 0 Å². The van der Waals surface area contributed by atoms with E-state index in [9.17, 15) is 18.4 Å². The Kier molecular flexibility index (Phi) is 4.72. The number of hydrogen-bond donors (Lipinski definition) is 2. The quantitative estimate of drug-likeness (QED) is 0.894. The van der Waals surface area contributed by atoms with Gasteiger partial charge in [0.15, 0.2) is 0 Å². The van der Waals surface area contributed by atoms with Gasteiger partial charge in [-0.1, -0.05) is 6.07 Å². The number of urea groups is 1. The summed E-state index contributed by atoms with van der Waals surface area (Å²) in [7, 11) is 0. The van der Waals surface area contributed by atoms with E-state index in [1.807, 2.05) is 0 Å². The van der Waals surface area contributed by atoms with Crippen LogP contribution in [0.5, 0.6) is 0 Å². The van der Waals surface area contributed by atoms with E-state index < -0.39 is 23.6 Å². The number of carboxylic acid groups (broad SMARTS) is 1. The molecule has 1 aromatic rings. The third kappa shape index (κ3) is 3.90. The molecule has 0 spiro atoms. The van der Waals surface area contributed by atoms with Crippen molar-refractivity contribution in [1.29, 1.82) is 0 Å². The molecule has 5 nitrogen and oxygen atoms in total. The molecule has 7 heteroatoms. The third-order valence-corrected chi connectivity index (χ3v) is 3.49. The second kappa shape index (κ2) is 6.51. The summed E-state index contributed by atoms with van der Waals surface area (Å²) in [6.07, 6.45) is 1.29. The number of aliphatic carboxylic acids is 1. The number of halogens is 2. The monoisotopic (exact) mass is 298 g/mol. The van der Waals surface area contributed by atoms with Gasteiger partial charge in [-0.05, 0) is 18.9 Å². The fraction of sp³-hybridized carbons (Fsp3) is 0.429. The molecule has 1 aliphatic heterocycles. The van der Waals surface area contributed by atoms with Crippen LogP contribution >= 0.6 is 0 Å². The van der Waals surface area contributed by atoms with Gasteiger partial charge in [0, 0.05) is 30.8 Å². The Balaban J connectivity index is 1.93. The Hall–Kier alpha value is -2.18. The minimum absolute atomic E-state index is 0.0682. The molecule has 1 aromatic carbocycles. The Morgan fingerprint density at radius 1 is 1.38 bits per heavy atom. The summed E-state index contributed by atoms with van der Waals surface area (Å²) < 4.78 is 26.2. The Morgan fingerprint density at radius 2 is 2.14 bits per heavy atom. The summed E-state index contributed by atoms with van der Waals surface area (Å²) in [5, 5.41) is 11.3. The van der Waals surface area contributed by atoms with Crippen LogP contribution in [-0.2, 0) is 11.3 Å². The van der Waals surface area contributed by atoms with E-state index in [-0.39, 0.29) is 24.6 Å². The van der Waals surface area contributed by atoms with E-state index >= 15 is 0 Å². The molecule has 1 fully saturated rings. The van der Waals surface area contributed by atoms with E-state index in [4.69, 9.17) is 5.11 Å². The zero-order valence-corrected chi connectivity index (χ0v) is 11.3. The van der Waals surface area contributed by atoms with E-state index in [0.29, 0.717) is 13.0 Å². The third-order valence-electron chi connectivity index (χ3n) is 3.49. The minimum atomic E-state index is -0.954. The van der Waals surface area contributed by atoms with Crippen LogP contribution in [0.25, 0.3) is 0 Å². The normalized spacial score (nSPS) is 17.8. The molecular formula is C14H16F2N2O3. The molecule has 21 heavy (non-hydrogen) atoms. The fourth-order valence-corrected chi connectivity index (χ4v) is 2.45. The molecular weight excluding hydrogens is 282 g/mol. The van der Waals surface area contributed by atoms with Crippen molar-refractivity contribution >= 4 is 12.0 Å². The van der Waals surface area contributed by atoms with Crippen LogP contribution in [0.2, 0.25) is 0 Å². The molecule has 114 valence electrons. The van der Waals surface area contributed by atoms with Crippen LogP contribution < -0.4 is 5.32 Å². The van der Waals surface area contributed by atoms with Gasteiger partial charge in [-0.15, -0.1) is 0 Å². The van der Waals surface area contributed by atoms with E-state index in [2.05, 4.69) is 5.32 Å². The molecule has 0 aromatic heterocycles. The second-order valence-corrected chi connectivity index (χ2v) is 4.98. The first-order valence-electron chi connectivity index (χ1n) is 6.67. The number of carbonyl (C=O) groups excluding carboxylic acids is 1. The Morgan fingerprint density at radius 3 is 2.81 bits per heavy atom. The van der Waals surface area contributed by atoms with Crippen molar-refractivity contribution in [3.8, 4) is 0 Å². The highest BCUT2D eigenvalue weighted by atomic mass is 19.1. The van der Waals surface area contributed by atoms with Gasteiger partial charge in [-0.2, -0.15) is 0 Å². The molecule has 0 aliphatic carbocycles. The molecule has 0 radical (unpaired) electrons. The van der Waals surface area contributed by atoms with Crippen molar-refractivity contribution in [3.63, 3.8) is 0 Å². The SMILES string of the molecule is O=C(O)CC1CCCN1C(=O)NCc1ccc(F)cc1F. The molecule has 2 rings (SSSR count). The lowest BCUT2D eigenvalue weighted by atomic mass is 10.1. The topological polar surface area (TPSA) is 69.6 Å². The van der Waals surface area contributed by atoms with Gasteiger partial charge in [-0.25, -0.2) is 13.6 Å². The number of nitrogens with one attached hydrogen (secondary N) is 1. The highest BCUT2D eigenvalue weighted by molar-refractivity contribution is 5.76. The fourth-order valence-electron chi connectivity index (χ4n) is 2.45. The first-order valence-corrected chi connectivity index (χ1v) is 6.67. The largest absolute Gasteiger partial charge is 0.481 e. The minimum Gasteiger partial charge on any atom is -0.481 e. The number of amides is 2.